The van der Waals surface area contributed by atoms with Crippen molar-refractivity contribution in [2.75, 3.05) is 6.54 Å². The maximum absolute atomic E-state index is 13.0. The summed E-state index contributed by atoms with van der Waals surface area (Å²) in [4.78, 5) is 17.4. The van der Waals surface area contributed by atoms with Gasteiger partial charge in [-0.2, -0.15) is 0 Å². The zero-order valence-electron chi connectivity index (χ0n) is 16.7. The molecule has 1 N–H and O–H groups in total. The van der Waals surface area contributed by atoms with E-state index in [0.717, 1.165) is 22.1 Å². The number of carbonyl (C=O) groups is 1. The van der Waals surface area contributed by atoms with Crippen molar-refractivity contribution in [3.63, 3.8) is 0 Å². The Hall–Kier alpha value is -3.80. The van der Waals surface area contributed by atoms with Crippen molar-refractivity contribution < 1.29 is 9.21 Å². The molecule has 0 saturated heterocycles. The normalized spacial score (nSPS) is 11.4. The van der Waals surface area contributed by atoms with E-state index in [0.29, 0.717) is 30.9 Å². The van der Waals surface area contributed by atoms with E-state index >= 15 is 0 Å². The molecule has 5 aromatic rings. The van der Waals surface area contributed by atoms with Crippen LogP contribution in [0.2, 0.25) is 0 Å². The number of para-hydroxylation sites is 2. The Morgan fingerprint density at radius 2 is 1.90 bits per heavy atom. The third kappa shape index (κ3) is 3.37. The number of carbonyl (C=O) groups excluding carboxylic acids is 1. The van der Waals surface area contributed by atoms with Gasteiger partial charge in [-0.1, -0.05) is 42.0 Å². The Bertz CT molecular complexity index is 1320. The van der Waals surface area contributed by atoms with Gasteiger partial charge in [0.2, 0.25) is 0 Å². The van der Waals surface area contributed by atoms with Crippen molar-refractivity contribution in [3.8, 4) is 0 Å². The van der Waals surface area contributed by atoms with Crippen LogP contribution in [0.4, 0.5) is 0 Å². The van der Waals surface area contributed by atoms with Crippen LogP contribution in [0.1, 0.15) is 21.6 Å². The second-order valence-corrected chi connectivity index (χ2v) is 7.45. The van der Waals surface area contributed by atoms with Crippen molar-refractivity contribution in [1.29, 1.82) is 0 Å². The first-order valence-electron chi connectivity index (χ1n) is 9.99. The van der Waals surface area contributed by atoms with Gasteiger partial charge in [0.15, 0.2) is 5.58 Å². The summed E-state index contributed by atoms with van der Waals surface area (Å²) in [6, 6.07) is 20.0. The van der Waals surface area contributed by atoms with Crippen LogP contribution < -0.4 is 5.32 Å². The maximum Gasteiger partial charge on any atom is 0.268 e. The van der Waals surface area contributed by atoms with Crippen LogP contribution in [0.5, 0.6) is 0 Å². The number of benzene rings is 2. The lowest BCUT2D eigenvalue weighted by Crippen LogP contribution is -2.29. The molecule has 0 aliphatic heterocycles. The molecule has 0 saturated carbocycles. The summed E-state index contributed by atoms with van der Waals surface area (Å²) in [7, 11) is 0. The van der Waals surface area contributed by atoms with Crippen molar-refractivity contribution in [1.82, 2.24) is 19.4 Å². The van der Waals surface area contributed by atoms with Crippen molar-refractivity contribution >= 4 is 28.0 Å². The van der Waals surface area contributed by atoms with Crippen LogP contribution in [-0.4, -0.2) is 26.6 Å². The summed E-state index contributed by atoms with van der Waals surface area (Å²) < 4.78 is 9.60. The van der Waals surface area contributed by atoms with E-state index in [1.54, 1.807) is 6.26 Å². The van der Waals surface area contributed by atoms with Gasteiger partial charge in [0, 0.05) is 31.8 Å². The lowest BCUT2D eigenvalue weighted by molar-refractivity contribution is 0.0944. The number of furan rings is 1. The number of nitrogens with zero attached hydrogens (tertiary/aromatic N) is 3. The van der Waals surface area contributed by atoms with E-state index in [1.807, 2.05) is 51.9 Å². The van der Waals surface area contributed by atoms with Gasteiger partial charge < -0.3 is 18.9 Å². The predicted molar refractivity (Wildman–Crippen MR) is 117 cm³/mol. The second-order valence-electron chi connectivity index (χ2n) is 7.45. The van der Waals surface area contributed by atoms with Crippen LogP contribution in [0, 0.1) is 6.92 Å². The van der Waals surface area contributed by atoms with Gasteiger partial charge in [0.05, 0.1) is 29.1 Å². The number of amides is 1. The summed E-state index contributed by atoms with van der Waals surface area (Å²) in [6.45, 7) is 3.84. The molecular weight excluding hydrogens is 376 g/mol. The van der Waals surface area contributed by atoms with Gasteiger partial charge in [-0.05, 0) is 24.6 Å². The highest BCUT2D eigenvalue weighted by molar-refractivity contribution is 5.97. The molecule has 3 aromatic heterocycles. The van der Waals surface area contributed by atoms with Crippen LogP contribution in [0.3, 0.4) is 0 Å². The number of nitrogens with one attached hydrogen (secondary N) is 1. The number of imidazole rings is 1. The molecule has 6 nitrogen and oxygen atoms in total. The molecule has 150 valence electrons. The quantitative estimate of drug-likeness (QED) is 0.462. The summed E-state index contributed by atoms with van der Waals surface area (Å²) in [5, 5.41) is 3.04. The van der Waals surface area contributed by atoms with Crippen LogP contribution in [0.15, 0.2) is 77.7 Å². The minimum Gasteiger partial charge on any atom is -0.463 e. The summed E-state index contributed by atoms with van der Waals surface area (Å²) in [5.41, 5.74) is 6.60. The topological polar surface area (TPSA) is 65.0 Å². The van der Waals surface area contributed by atoms with Gasteiger partial charge >= 0.3 is 0 Å². The van der Waals surface area contributed by atoms with E-state index in [2.05, 4.69) is 41.5 Å². The second kappa shape index (κ2) is 7.55. The fourth-order valence-electron chi connectivity index (χ4n) is 3.78. The average Bonchev–Trinajstić information content (AvgIpc) is 3.46. The molecular formula is C24H22N4O2. The Labute approximate surface area is 173 Å². The first-order chi connectivity index (χ1) is 14.7. The molecule has 0 spiro atoms. The van der Waals surface area contributed by atoms with Crippen LogP contribution in [0.25, 0.3) is 22.1 Å². The number of rotatable bonds is 6. The van der Waals surface area contributed by atoms with E-state index < -0.39 is 0 Å². The fourth-order valence-corrected chi connectivity index (χ4v) is 3.78. The van der Waals surface area contributed by atoms with Gasteiger partial charge in [-0.15, -0.1) is 0 Å². The third-order valence-corrected chi connectivity index (χ3v) is 5.38. The molecule has 1 amide bonds. The van der Waals surface area contributed by atoms with Crippen molar-refractivity contribution in [2.45, 2.75) is 20.0 Å². The first-order valence-corrected chi connectivity index (χ1v) is 9.99. The largest absolute Gasteiger partial charge is 0.463 e. The summed E-state index contributed by atoms with van der Waals surface area (Å²) in [6.07, 6.45) is 3.46. The number of aryl methyl sites for hydroxylation is 1. The molecule has 5 rings (SSSR count). The third-order valence-electron chi connectivity index (χ3n) is 5.38. The van der Waals surface area contributed by atoms with E-state index in [-0.39, 0.29) is 5.91 Å². The van der Waals surface area contributed by atoms with E-state index in [1.165, 1.54) is 5.56 Å². The standard InChI is InChI=1S/C24H22N4O2/c1-17-6-8-18(9-7-17)15-28-21-10-13-30-23(21)14-22(28)24(29)25-11-12-27-16-26-19-4-2-3-5-20(19)27/h2-10,13-14,16H,11-12,15H2,1H3,(H,25,29). The predicted octanol–water partition coefficient (Wildman–Crippen LogP) is 4.37. The molecule has 0 fully saturated rings. The Morgan fingerprint density at radius 3 is 2.77 bits per heavy atom. The lowest BCUT2D eigenvalue weighted by Gasteiger charge is -2.11. The van der Waals surface area contributed by atoms with E-state index in [4.69, 9.17) is 4.42 Å². The Morgan fingerprint density at radius 1 is 1.07 bits per heavy atom. The highest BCUT2D eigenvalue weighted by Crippen LogP contribution is 2.23. The monoisotopic (exact) mass is 398 g/mol. The van der Waals surface area contributed by atoms with Gasteiger partial charge in [0.25, 0.3) is 5.91 Å². The molecule has 6 heteroatoms. The van der Waals surface area contributed by atoms with Crippen molar-refractivity contribution in [3.05, 3.63) is 90.1 Å². The van der Waals surface area contributed by atoms with Crippen LogP contribution in [-0.2, 0) is 13.1 Å². The zero-order valence-corrected chi connectivity index (χ0v) is 16.7. The molecule has 30 heavy (non-hydrogen) atoms. The molecule has 0 aliphatic rings. The van der Waals surface area contributed by atoms with Crippen LogP contribution >= 0.6 is 0 Å². The Balaban J connectivity index is 1.34. The first kappa shape index (κ1) is 18.2. The minimum atomic E-state index is -0.113. The molecule has 3 heterocycles. The van der Waals surface area contributed by atoms with Gasteiger partial charge in [-0.3, -0.25) is 4.79 Å². The molecule has 0 bridgehead atoms. The van der Waals surface area contributed by atoms with Gasteiger partial charge in [0.1, 0.15) is 5.69 Å². The Kier molecular flexibility index (Phi) is 4.59. The average molecular weight is 398 g/mol. The molecule has 0 aliphatic carbocycles. The SMILES string of the molecule is Cc1ccc(Cn2c(C(=O)NCCn3cnc4ccccc43)cc3occc32)cc1. The summed E-state index contributed by atoms with van der Waals surface area (Å²) >= 11 is 0. The number of hydrogen-bond acceptors (Lipinski definition) is 3. The van der Waals surface area contributed by atoms with Crippen molar-refractivity contribution in [2.24, 2.45) is 0 Å². The summed E-state index contributed by atoms with van der Waals surface area (Å²) in [5.74, 6) is -0.113. The van der Waals surface area contributed by atoms with E-state index in [9.17, 15) is 4.79 Å². The minimum absolute atomic E-state index is 0.113. The highest BCUT2D eigenvalue weighted by atomic mass is 16.3. The molecule has 0 unspecified atom stereocenters. The molecule has 2 aromatic carbocycles. The fraction of sp³-hybridized carbons (Fsp3) is 0.167. The number of hydrogen-bond donors (Lipinski definition) is 1. The zero-order chi connectivity index (χ0) is 20.5. The number of fused-ring (bicyclic) bond motifs is 2. The smallest absolute Gasteiger partial charge is 0.268 e. The lowest BCUT2D eigenvalue weighted by atomic mass is 10.1. The van der Waals surface area contributed by atoms with Gasteiger partial charge in [-0.25, -0.2) is 4.98 Å². The number of aromatic nitrogens is 3. The molecule has 0 radical (unpaired) electrons. The highest BCUT2D eigenvalue weighted by Gasteiger charge is 2.17. The molecule has 0 atom stereocenters. The maximum atomic E-state index is 13.0.